The predicted octanol–water partition coefficient (Wildman–Crippen LogP) is 3.88. The molecule has 0 fully saturated rings. The third-order valence-electron chi connectivity index (χ3n) is 3.54. The van der Waals surface area contributed by atoms with E-state index in [-0.39, 0.29) is 0 Å². The Morgan fingerprint density at radius 2 is 0.960 bits per heavy atom. The highest BCUT2D eigenvalue weighted by Crippen LogP contribution is 2.04. The molecule has 0 N–H and O–H groups in total. The van der Waals surface area contributed by atoms with E-state index in [1.54, 1.807) is 0 Å². The fraction of sp³-hybridized carbons (Fsp3) is 1.00. The van der Waals surface area contributed by atoms with Crippen LogP contribution < -0.4 is 0 Å². The number of unbranched alkanes of at least 4 members (excludes halogenated alkanes) is 5. The molecular formula is C19H40O5Si. The van der Waals surface area contributed by atoms with Crippen LogP contribution in [-0.2, 0) is 23.4 Å². The molecule has 0 spiro atoms. The summed E-state index contributed by atoms with van der Waals surface area (Å²) in [5, 5.41) is 0. The largest absolute Gasteiger partial charge is 0.415 e. The van der Waals surface area contributed by atoms with Crippen molar-refractivity contribution in [1.29, 1.82) is 0 Å². The van der Waals surface area contributed by atoms with Gasteiger partial charge in [0, 0.05) is 6.61 Å². The van der Waals surface area contributed by atoms with Gasteiger partial charge < -0.3 is 23.4 Å². The molecule has 6 heteroatoms. The van der Waals surface area contributed by atoms with Gasteiger partial charge in [-0.05, 0) is 12.5 Å². The summed E-state index contributed by atoms with van der Waals surface area (Å²) < 4.78 is 27.3. The minimum atomic E-state index is 0.605. The molecule has 0 bridgehead atoms. The van der Waals surface area contributed by atoms with Crippen molar-refractivity contribution in [1.82, 2.24) is 0 Å². The first kappa shape index (κ1) is 25.0. The van der Waals surface area contributed by atoms with E-state index in [1.165, 1.54) is 38.5 Å². The Morgan fingerprint density at radius 3 is 1.52 bits per heavy atom. The van der Waals surface area contributed by atoms with Gasteiger partial charge >= 0.3 is 0 Å². The Hall–Kier alpha value is 0.0169. The molecule has 0 aliphatic heterocycles. The van der Waals surface area contributed by atoms with Crippen LogP contribution in [-0.4, -0.2) is 69.2 Å². The van der Waals surface area contributed by atoms with E-state index in [0.717, 1.165) is 19.1 Å². The van der Waals surface area contributed by atoms with E-state index in [2.05, 4.69) is 13.8 Å². The zero-order valence-corrected chi connectivity index (χ0v) is 17.6. The summed E-state index contributed by atoms with van der Waals surface area (Å²) in [5.41, 5.74) is 0. The van der Waals surface area contributed by atoms with Gasteiger partial charge in [-0.3, -0.25) is 0 Å². The van der Waals surface area contributed by atoms with Crippen molar-refractivity contribution in [2.75, 3.05) is 59.5 Å². The lowest BCUT2D eigenvalue weighted by molar-refractivity contribution is -0.00480. The SMILES string of the molecule is CCCCCCCCOCCOCCOCCOCCO[Si]CCC. The minimum absolute atomic E-state index is 0.605. The Labute approximate surface area is 158 Å². The molecule has 0 rings (SSSR count). The lowest BCUT2D eigenvalue weighted by atomic mass is 10.1. The summed E-state index contributed by atoms with van der Waals surface area (Å²) in [5.74, 6) is 0. The van der Waals surface area contributed by atoms with E-state index in [1.807, 2.05) is 0 Å². The molecule has 0 atom stereocenters. The van der Waals surface area contributed by atoms with Gasteiger partial charge in [0.2, 0.25) is 9.76 Å². The van der Waals surface area contributed by atoms with Crippen molar-refractivity contribution in [3.63, 3.8) is 0 Å². The molecule has 0 aliphatic carbocycles. The highest BCUT2D eigenvalue weighted by atomic mass is 28.2. The van der Waals surface area contributed by atoms with Crippen LogP contribution >= 0.6 is 0 Å². The first-order chi connectivity index (χ1) is 12.4. The molecule has 0 amide bonds. The average molecular weight is 377 g/mol. The molecule has 0 aromatic heterocycles. The molecule has 0 aromatic rings. The summed E-state index contributed by atoms with van der Waals surface area (Å²) in [4.78, 5) is 0. The molecule has 25 heavy (non-hydrogen) atoms. The molecule has 0 aliphatic rings. The first-order valence-electron chi connectivity index (χ1n) is 10.1. The van der Waals surface area contributed by atoms with Gasteiger partial charge in [0.15, 0.2) is 0 Å². The maximum atomic E-state index is 5.55. The van der Waals surface area contributed by atoms with Gasteiger partial charge in [0.25, 0.3) is 0 Å². The highest BCUT2D eigenvalue weighted by molar-refractivity contribution is 6.26. The second-order valence-corrected chi connectivity index (χ2v) is 7.04. The van der Waals surface area contributed by atoms with Crippen LogP contribution in [0, 0.1) is 0 Å². The summed E-state index contributed by atoms with van der Waals surface area (Å²) in [6.07, 6.45) is 8.98. The van der Waals surface area contributed by atoms with Crippen molar-refractivity contribution < 1.29 is 23.4 Å². The van der Waals surface area contributed by atoms with Crippen LogP contribution in [0.1, 0.15) is 58.8 Å². The normalized spacial score (nSPS) is 11.3. The first-order valence-corrected chi connectivity index (χ1v) is 11.2. The number of hydrogen-bond donors (Lipinski definition) is 0. The van der Waals surface area contributed by atoms with Gasteiger partial charge in [-0.2, -0.15) is 0 Å². The lowest BCUT2D eigenvalue weighted by Crippen LogP contribution is -2.13. The molecular weight excluding hydrogens is 336 g/mol. The highest BCUT2D eigenvalue weighted by Gasteiger charge is 1.94. The second-order valence-electron chi connectivity index (χ2n) is 5.96. The molecule has 0 saturated carbocycles. The maximum Gasteiger partial charge on any atom is 0.229 e. The van der Waals surface area contributed by atoms with Crippen LogP contribution in [0.25, 0.3) is 0 Å². The number of rotatable bonds is 22. The number of hydrogen-bond acceptors (Lipinski definition) is 5. The Kier molecular flexibility index (Phi) is 24.0. The van der Waals surface area contributed by atoms with E-state index >= 15 is 0 Å². The average Bonchev–Trinajstić information content (AvgIpc) is 2.63. The molecule has 0 unspecified atom stereocenters. The molecule has 0 heterocycles. The van der Waals surface area contributed by atoms with E-state index in [9.17, 15) is 0 Å². The van der Waals surface area contributed by atoms with Crippen LogP contribution in [0.3, 0.4) is 0 Å². The molecule has 150 valence electrons. The van der Waals surface area contributed by atoms with Gasteiger partial charge in [0.05, 0.1) is 52.9 Å². The zero-order chi connectivity index (χ0) is 18.3. The van der Waals surface area contributed by atoms with Gasteiger partial charge in [-0.25, -0.2) is 0 Å². The van der Waals surface area contributed by atoms with Crippen LogP contribution in [0.5, 0.6) is 0 Å². The summed E-state index contributed by atoms with van der Waals surface area (Å²) >= 11 is 0. The third-order valence-corrected chi connectivity index (χ3v) is 4.65. The monoisotopic (exact) mass is 376 g/mol. The Morgan fingerprint density at radius 1 is 0.480 bits per heavy atom. The van der Waals surface area contributed by atoms with Crippen LogP contribution in [0.15, 0.2) is 0 Å². The van der Waals surface area contributed by atoms with E-state index in [0.29, 0.717) is 62.6 Å². The Bertz CT molecular complexity index is 210. The topological polar surface area (TPSA) is 46.2 Å². The van der Waals surface area contributed by atoms with Gasteiger partial charge in [-0.15, -0.1) is 0 Å². The van der Waals surface area contributed by atoms with Crippen LogP contribution in [0.2, 0.25) is 6.04 Å². The van der Waals surface area contributed by atoms with Crippen molar-refractivity contribution in [2.45, 2.75) is 64.8 Å². The van der Waals surface area contributed by atoms with Crippen molar-refractivity contribution in [3.05, 3.63) is 0 Å². The lowest BCUT2D eigenvalue weighted by Gasteiger charge is -2.08. The van der Waals surface area contributed by atoms with Crippen LogP contribution in [0.4, 0.5) is 0 Å². The smallest absolute Gasteiger partial charge is 0.229 e. The quantitative estimate of drug-likeness (QED) is 0.212. The molecule has 2 radical (unpaired) electrons. The third kappa shape index (κ3) is 24.0. The fourth-order valence-corrected chi connectivity index (χ4v) is 2.67. The summed E-state index contributed by atoms with van der Waals surface area (Å²) in [7, 11) is 0.605. The fourth-order valence-electron chi connectivity index (χ4n) is 2.09. The van der Waals surface area contributed by atoms with E-state index < -0.39 is 0 Å². The molecule has 0 saturated heterocycles. The molecule has 0 aromatic carbocycles. The summed E-state index contributed by atoms with van der Waals surface area (Å²) in [6, 6.07) is 1.15. The predicted molar refractivity (Wildman–Crippen MR) is 103 cm³/mol. The van der Waals surface area contributed by atoms with Gasteiger partial charge in [0.1, 0.15) is 0 Å². The van der Waals surface area contributed by atoms with Crippen molar-refractivity contribution in [2.24, 2.45) is 0 Å². The maximum absolute atomic E-state index is 5.55. The summed E-state index contributed by atoms with van der Waals surface area (Å²) in [6.45, 7) is 10.3. The van der Waals surface area contributed by atoms with Crippen molar-refractivity contribution >= 4 is 9.76 Å². The minimum Gasteiger partial charge on any atom is -0.415 e. The Balaban J connectivity index is 2.94. The molecule has 5 nitrogen and oxygen atoms in total. The zero-order valence-electron chi connectivity index (χ0n) is 16.6. The second kappa shape index (κ2) is 24.0. The van der Waals surface area contributed by atoms with Gasteiger partial charge in [-0.1, -0.05) is 52.4 Å². The van der Waals surface area contributed by atoms with E-state index in [4.69, 9.17) is 23.4 Å². The number of ether oxygens (including phenoxy) is 4. The van der Waals surface area contributed by atoms with Crippen molar-refractivity contribution in [3.8, 4) is 0 Å². The standard InChI is InChI=1S/C19H40O5Si/c1-3-5-6-7-8-9-10-20-11-12-21-13-14-22-15-16-23-17-18-24-25-19-4-2/h3-19H2,1-2H3.